The van der Waals surface area contributed by atoms with Crippen LogP contribution in [0.5, 0.6) is 5.88 Å². The van der Waals surface area contributed by atoms with Gasteiger partial charge in [-0.05, 0) is 13.0 Å². The molecule has 18 heavy (non-hydrogen) atoms. The van der Waals surface area contributed by atoms with Gasteiger partial charge in [0.1, 0.15) is 11.6 Å². The van der Waals surface area contributed by atoms with Crippen molar-refractivity contribution in [2.24, 2.45) is 0 Å². The van der Waals surface area contributed by atoms with Crippen LogP contribution in [0.15, 0.2) is 29.1 Å². The van der Waals surface area contributed by atoms with Gasteiger partial charge in [-0.1, -0.05) is 18.2 Å². The van der Waals surface area contributed by atoms with Crippen molar-refractivity contribution in [1.29, 1.82) is 0 Å². The van der Waals surface area contributed by atoms with Gasteiger partial charge in [-0.25, -0.2) is 4.39 Å². The van der Waals surface area contributed by atoms with Gasteiger partial charge in [0.05, 0.1) is 0 Å². The van der Waals surface area contributed by atoms with Crippen LogP contribution >= 0.6 is 0 Å². The lowest BCUT2D eigenvalue weighted by Gasteiger charge is -2.08. The first-order chi connectivity index (χ1) is 8.58. The third-order valence-corrected chi connectivity index (χ3v) is 2.43. The number of aryl methyl sites for hydroxylation is 1. The normalized spacial score (nSPS) is 10.3. The Hall–Kier alpha value is -2.37. The van der Waals surface area contributed by atoms with E-state index in [2.05, 4.69) is 15.3 Å². The van der Waals surface area contributed by atoms with Crippen LogP contribution in [0.25, 0.3) is 0 Å². The Morgan fingerprint density at radius 2 is 2.17 bits per heavy atom. The third-order valence-electron chi connectivity index (χ3n) is 2.43. The fourth-order valence-electron chi connectivity index (χ4n) is 1.56. The Balaban J connectivity index is 2.22. The summed E-state index contributed by atoms with van der Waals surface area (Å²) in [7, 11) is 0. The number of nitrogens with one attached hydrogen (secondary N) is 2. The maximum Gasteiger partial charge on any atom is 0.278 e. The molecule has 1 aromatic heterocycles. The zero-order valence-electron chi connectivity index (χ0n) is 9.70. The van der Waals surface area contributed by atoms with Gasteiger partial charge >= 0.3 is 0 Å². The van der Waals surface area contributed by atoms with Crippen molar-refractivity contribution in [2.75, 3.05) is 5.32 Å². The summed E-state index contributed by atoms with van der Waals surface area (Å²) in [4.78, 5) is 17.7. The maximum absolute atomic E-state index is 13.4. The molecule has 0 saturated carbocycles. The lowest BCUT2D eigenvalue weighted by atomic mass is 10.2. The van der Waals surface area contributed by atoms with Gasteiger partial charge in [-0.15, -0.1) is 0 Å². The largest absolute Gasteiger partial charge is 0.492 e. The van der Waals surface area contributed by atoms with Gasteiger partial charge in [-0.2, -0.15) is 4.98 Å². The first-order valence-electron chi connectivity index (χ1n) is 5.35. The second-order valence-electron chi connectivity index (χ2n) is 3.79. The molecule has 0 fully saturated rings. The molecule has 2 rings (SSSR count). The lowest BCUT2D eigenvalue weighted by molar-refractivity contribution is 0.451. The molecule has 0 bridgehead atoms. The fraction of sp³-hybridized carbons (Fsp3) is 0.167. The van der Waals surface area contributed by atoms with Crippen LogP contribution in [0.1, 0.15) is 11.4 Å². The Kier molecular flexibility index (Phi) is 3.27. The van der Waals surface area contributed by atoms with E-state index in [0.29, 0.717) is 11.4 Å². The number of aromatic amines is 1. The molecular weight excluding hydrogens is 237 g/mol. The minimum Gasteiger partial charge on any atom is -0.492 e. The van der Waals surface area contributed by atoms with Crippen LogP contribution in [-0.2, 0) is 6.54 Å². The number of rotatable bonds is 3. The van der Waals surface area contributed by atoms with Crippen LogP contribution < -0.4 is 10.9 Å². The van der Waals surface area contributed by atoms with E-state index in [9.17, 15) is 14.3 Å². The van der Waals surface area contributed by atoms with E-state index < -0.39 is 11.4 Å². The van der Waals surface area contributed by atoms with E-state index in [-0.39, 0.29) is 18.0 Å². The molecule has 2 aromatic rings. The van der Waals surface area contributed by atoms with E-state index in [1.807, 2.05) is 0 Å². The average Bonchev–Trinajstić information content (AvgIpc) is 2.30. The second kappa shape index (κ2) is 4.87. The van der Waals surface area contributed by atoms with Crippen molar-refractivity contribution in [3.05, 3.63) is 51.8 Å². The molecule has 1 heterocycles. The monoisotopic (exact) mass is 249 g/mol. The number of aromatic nitrogens is 2. The number of halogens is 1. The summed E-state index contributed by atoms with van der Waals surface area (Å²) in [5.41, 5.74) is -0.155. The number of hydrogen-bond acceptors (Lipinski definition) is 4. The van der Waals surface area contributed by atoms with Gasteiger partial charge in [-0.3, -0.25) is 4.79 Å². The molecule has 5 nitrogen and oxygen atoms in total. The third kappa shape index (κ3) is 2.48. The van der Waals surface area contributed by atoms with Gasteiger partial charge in [0.25, 0.3) is 5.56 Å². The summed E-state index contributed by atoms with van der Waals surface area (Å²) in [6.45, 7) is 1.65. The van der Waals surface area contributed by atoms with Crippen molar-refractivity contribution in [1.82, 2.24) is 9.97 Å². The summed E-state index contributed by atoms with van der Waals surface area (Å²) in [6.07, 6.45) is 0. The highest BCUT2D eigenvalue weighted by Gasteiger charge is 2.09. The molecule has 3 N–H and O–H groups in total. The predicted molar refractivity (Wildman–Crippen MR) is 65.0 cm³/mol. The molecule has 0 atom stereocenters. The molecule has 0 amide bonds. The van der Waals surface area contributed by atoms with E-state index in [1.165, 1.54) is 6.07 Å². The number of nitrogens with zero attached hydrogens (tertiary/aromatic N) is 1. The van der Waals surface area contributed by atoms with E-state index in [4.69, 9.17) is 0 Å². The van der Waals surface area contributed by atoms with Crippen molar-refractivity contribution in [3.8, 4) is 5.88 Å². The predicted octanol–water partition coefficient (Wildman–Crippen LogP) is 1.54. The van der Waals surface area contributed by atoms with Crippen LogP contribution in [0.3, 0.4) is 0 Å². The Labute approximate surface area is 102 Å². The van der Waals surface area contributed by atoms with Gasteiger partial charge < -0.3 is 15.4 Å². The fourth-order valence-corrected chi connectivity index (χ4v) is 1.56. The maximum atomic E-state index is 13.4. The molecule has 1 aromatic carbocycles. The Morgan fingerprint density at radius 1 is 1.44 bits per heavy atom. The SMILES string of the molecule is Cc1nc(O)c(NCc2ccccc2F)c(=O)[nH]1. The average molecular weight is 249 g/mol. The van der Waals surface area contributed by atoms with E-state index >= 15 is 0 Å². The molecule has 0 aliphatic heterocycles. The summed E-state index contributed by atoms with van der Waals surface area (Å²) < 4.78 is 13.4. The number of aromatic hydroxyl groups is 1. The number of benzene rings is 1. The standard InChI is InChI=1S/C12H12FN3O2/c1-7-15-11(17)10(12(18)16-7)14-6-8-4-2-3-5-9(8)13/h2-5,14H,6H2,1H3,(H2,15,16,17,18). The van der Waals surface area contributed by atoms with Gasteiger partial charge in [0.15, 0.2) is 5.69 Å². The van der Waals surface area contributed by atoms with Crippen LogP contribution in [-0.4, -0.2) is 15.1 Å². The number of H-pyrrole nitrogens is 1. The van der Waals surface area contributed by atoms with Crippen molar-refractivity contribution in [2.45, 2.75) is 13.5 Å². The van der Waals surface area contributed by atoms with Crippen LogP contribution in [0.2, 0.25) is 0 Å². The lowest BCUT2D eigenvalue weighted by Crippen LogP contribution is -2.16. The smallest absolute Gasteiger partial charge is 0.278 e. The minimum absolute atomic E-state index is 0.0659. The topological polar surface area (TPSA) is 78.0 Å². The highest BCUT2D eigenvalue weighted by molar-refractivity contribution is 5.50. The second-order valence-corrected chi connectivity index (χ2v) is 3.79. The highest BCUT2D eigenvalue weighted by atomic mass is 19.1. The van der Waals surface area contributed by atoms with E-state index in [1.54, 1.807) is 25.1 Å². The molecule has 94 valence electrons. The summed E-state index contributed by atoms with van der Waals surface area (Å²) in [6, 6.07) is 6.19. The first-order valence-corrected chi connectivity index (χ1v) is 5.35. The molecule has 0 spiro atoms. The summed E-state index contributed by atoms with van der Waals surface area (Å²) >= 11 is 0. The zero-order chi connectivity index (χ0) is 13.1. The summed E-state index contributed by atoms with van der Waals surface area (Å²) in [5.74, 6) is -0.456. The number of anilines is 1. The van der Waals surface area contributed by atoms with E-state index in [0.717, 1.165) is 0 Å². The van der Waals surface area contributed by atoms with Crippen molar-refractivity contribution in [3.63, 3.8) is 0 Å². The molecule has 6 heteroatoms. The Bertz CT molecular complexity index is 625. The van der Waals surface area contributed by atoms with Crippen LogP contribution in [0, 0.1) is 12.7 Å². The van der Waals surface area contributed by atoms with Crippen molar-refractivity contribution >= 4 is 5.69 Å². The quantitative estimate of drug-likeness (QED) is 0.771. The molecule has 0 unspecified atom stereocenters. The molecule has 0 saturated heterocycles. The van der Waals surface area contributed by atoms with Crippen molar-refractivity contribution < 1.29 is 9.50 Å². The molecule has 0 aliphatic carbocycles. The highest BCUT2D eigenvalue weighted by Crippen LogP contribution is 2.16. The number of hydrogen-bond donors (Lipinski definition) is 3. The summed E-state index contributed by atoms with van der Waals surface area (Å²) in [5, 5.41) is 12.2. The molecule has 0 radical (unpaired) electrons. The molecular formula is C12H12FN3O2. The zero-order valence-corrected chi connectivity index (χ0v) is 9.70. The first kappa shape index (κ1) is 12.1. The van der Waals surface area contributed by atoms with Gasteiger partial charge in [0, 0.05) is 12.1 Å². The Morgan fingerprint density at radius 3 is 2.83 bits per heavy atom. The molecule has 0 aliphatic rings. The van der Waals surface area contributed by atoms with Gasteiger partial charge in [0.2, 0.25) is 5.88 Å². The minimum atomic E-state index is -0.490. The van der Waals surface area contributed by atoms with Crippen LogP contribution in [0.4, 0.5) is 10.1 Å².